The Balaban J connectivity index is 2.14. The molecule has 3 rings (SSSR count). The molecule has 96 valence electrons. The summed E-state index contributed by atoms with van der Waals surface area (Å²) in [4.78, 5) is 13.6. The molecule has 0 saturated carbocycles. The number of fused-ring (bicyclic) bond motifs is 1. The molecule has 0 bridgehead atoms. The summed E-state index contributed by atoms with van der Waals surface area (Å²) >= 11 is 3.18. The largest absolute Gasteiger partial charge is 0.330 e. The number of carbonyl (C=O) groups is 1. The third-order valence-corrected chi connectivity index (χ3v) is 3.58. The summed E-state index contributed by atoms with van der Waals surface area (Å²) in [6, 6.07) is 12.6. The van der Waals surface area contributed by atoms with Gasteiger partial charge in [0.05, 0.1) is 15.8 Å². The molecule has 0 saturated heterocycles. The van der Waals surface area contributed by atoms with Gasteiger partial charge >= 0.3 is 0 Å². The summed E-state index contributed by atoms with van der Waals surface area (Å²) in [7, 11) is 0. The van der Waals surface area contributed by atoms with Gasteiger partial charge < -0.3 is 10.2 Å². The third-order valence-electron chi connectivity index (χ3n) is 2.97. The van der Waals surface area contributed by atoms with Crippen molar-refractivity contribution in [1.29, 1.82) is 0 Å². The van der Waals surface area contributed by atoms with Crippen molar-refractivity contribution >= 4 is 38.9 Å². The minimum atomic E-state index is -0.394. The molecule has 19 heavy (non-hydrogen) atoms. The zero-order chi connectivity index (χ0) is 13.4. The highest BCUT2D eigenvalue weighted by molar-refractivity contribution is 9.10. The van der Waals surface area contributed by atoms with E-state index in [0.29, 0.717) is 10.2 Å². The first-order chi connectivity index (χ1) is 9.15. The van der Waals surface area contributed by atoms with Crippen LogP contribution in [0, 0.1) is 5.82 Å². The van der Waals surface area contributed by atoms with Crippen molar-refractivity contribution in [2.75, 3.05) is 16.8 Å². The Morgan fingerprint density at radius 2 is 1.95 bits per heavy atom. The molecular formula is C14H10BrFN2O. The molecule has 0 atom stereocenters. The van der Waals surface area contributed by atoms with Gasteiger partial charge in [-0.05, 0) is 34.1 Å². The maximum absolute atomic E-state index is 13.5. The minimum absolute atomic E-state index is 0.155. The number of hydrogen-bond donors (Lipinski definition) is 1. The van der Waals surface area contributed by atoms with E-state index in [2.05, 4.69) is 21.2 Å². The van der Waals surface area contributed by atoms with Crippen LogP contribution in [0.1, 0.15) is 0 Å². The number of amides is 1. The number of carbonyl (C=O) groups excluding carboxylic acids is 1. The zero-order valence-corrected chi connectivity index (χ0v) is 11.4. The molecule has 2 aromatic carbocycles. The van der Waals surface area contributed by atoms with Crippen LogP contribution in [0.5, 0.6) is 0 Å². The maximum atomic E-state index is 13.5. The Kier molecular flexibility index (Phi) is 2.98. The second-order valence-electron chi connectivity index (χ2n) is 4.25. The summed E-state index contributed by atoms with van der Waals surface area (Å²) in [5.41, 5.74) is 2.16. The first-order valence-electron chi connectivity index (χ1n) is 5.76. The van der Waals surface area contributed by atoms with Crippen LogP contribution in [0.15, 0.2) is 46.9 Å². The van der Waals surface area contributed by atoms with Gasteiger partial charge in [0.2, 0.25) is 5.91 Å². The maximum Gasteiger partial charge on any atom is 0.244 e. The van der Waals surface area contributed by atoms with Gasteiger partial charge in [-0.15, -0.1) is 0 Å². The molecule has 0 radical (unpaired) electrons. The first-order valence-corrected chi connectivity index (χ1v) is 6.56. The molecule has 1 aliphatic heterocycles. The van der Waals surface area contributed by atoms with Gasteiger partial charge in [0.25, 0.3) is 0 Å². The van der Waals surface area contributed by atoms with E-state index in [0.717, 1.165) is 11.4 Å². The van der Waals surface area contributed by atoms with Crippen LogP contribution >= 0.6 is 15.9 Å². The predicted octanol–water partition coefficient (Wildman–Crippen LogP) is 3.68. The third kappa shape index (κ3) is 2.21. The highest BCUT2D eigenvalue weighted by Crippen LogP contribution is 2.38. The molecule has 0 unspecified atom stereocenters. The van der Waals surface area contributed by atoms with E-state index in [1.165, 1.54) is 6.07 Å². The Hall–Kier alpha value is -1.88. The fourth-order valence-electron chi connectivity index (χ4n) is 2.12. The zero-order valence-electron chi connectivity index (χ0n) is 9.86. The fourth-order valence-corrected chi connectivity index (χ4v) is 2.45. The highest BCUT2D eigenvalue weighted by Gasteiger charge is 2.24. The Morgan fingerprint density at radius 3 is 2.68 bits per heavy atom. The molecule has 2 aromatic rings. The van der Waals surface area contributed by atoms with E-state index in [9.17, 15) is 9.18 Å². The first kappa shape index (κ1) is 12.2. The number of nitrogens with zero attached hydrogens (tertiary/aromatic N) is 1. The van der Waals surface area contributed by atoms with E-state index in [1.54, 1.807) is 6.07 Å². The Bertz CT molecular complexity index is 645. The van der Waals surface area contributed by atoms with Crippen LogP contribution < -0.4 is 10.2 Å². The van der Waals surface area contributed by atoms with E-state index in [-0.39, 0.29) is 12.5 Å². The van der Waals surface area contributed by atoms with Crippen molar-refractivity contribution in [3.05, 3.63) is 52.8 Å². The summed E-state index contributed by atoms with van der Waals surface area (Å²) in [6.45, 7) is 0.217. The number of nitrogens with one attached hydrogen (secondary N) is 1. The van der Waals surface area contributed by atoms with Gasteiger partial charge in [-0.2, -0.15) is 0 Å². The molecule has 1 aliphatic rings. The Morgan fingerprint density at radius 1 is 1.21 bits per heavy atom. The second-order valence-corrected chi connectivity index (χ2v) is 5.11. The van der Waals surface area contributed by atoms with E-state index in [1.807, 2.05) is 35.2 Å². The average molecular weight is 321 g/mol. The van der Waals surface area contributed by atoms with Crippen LogP contribution in [-0.4, -0.2) is 12.5 Å². The molecule has 0 spiro atoms. The average Bonchev–Trinajstić information content (AvgIpc) is 2.41. The molecule has 0 aromatic heterocycles. The monoisotopic (exact) mass is 320 g/mol. The van der Waals surface area contributed by atoms with Gasteiger partial charge in [-0.3, -0.25) is 4.79 Å². The van der Waals surface area contributed by atoms with Gasteiger partial charge in [-0.1, -0.05) is 18.2 Å². The number of halogens is 2. The van der Waals surface area contributed by atoms with Crippen LogP contribution in [0.25, 0.3) is 0 Å². The fraction of sp³-hybridized carbons (Fsp3) is 0.0714. The van der Waals surface area contributed by atoms with Gasteiger partial charge in [-0.25, -0.2) is 4.39 Å². The van der Waals surface area contributed by atoms with Crippen LogP contribution in [-0.2, 0) is 4.79 Å². The van der Waals surface area contributed by atoms with Crippen LogP contribution in [0.2, 0.25) is 0 Å². The van der Waals surface area contributed by atoms with Crippen molar-refractivity contribution in [1.82, 2.24) is 0 Å². The molecule has 1 N–H and O–H groups in total. The van der Waals surface area contributed by atoms with Gasteiger partial charge in [0.1, 0.15) is 12.4 Å². The normalized spacial score (nSPS) is 14.0. The van der Waals surface area contributed by atoms with Crippen molar-refractivity contribution in [2.24, 2.45) is 0 Å². The number of benzene rings is 2. The van der Waals surface area contributed by atoms with Gasteiger partial charge in [0.15, 0.2) is 0 Å². The molecule has 1 heterocycles. The van der Waals surface area contributed by atoms with Crippen molar-refractivity contribution in [3.63, 3.8) is 0 Å². The summed E-state index contributed by atoms with van der Waals surface area (Å²) in [6.07, 6.45) is 0. The SMILES string of the molecule is O=C1CN(c2ccccc2)c2cc(Br)c(F)cc2N1. The molecule has 1 amide bonds. The molecule has 3 nitrogen and oxygen atoms in total. The predicted molar refractivity (Wildman–Crippen MR) is 76.2 cm³/mol. The van der Waals surface area contributed by atoms with E-state index in [4.69, 9.17) is 0 Å². The quantitative estimate of drug-likeness (QED) is 0.869. The summed E-state index contributed by atoms with van der Waals surface area (Å²) in [5, 5.41) is 2.69. The van der Waals surface area contributed by atoms with Crippen molar-refractivity contribution in [3.8, 4) is 0 Å². The Labute approximate surface area is 118 Å². The molecule has 0 fully saturated rings. The van der Waals surface area contributed by atoms with Gasteiger partial charge in [0, 0.05) is 11.8 Å². The number of anilines is 3. The number of para-hydroxylation sites is 1. The smallest absolute Gasteiger partial charge is 0.244 e. The topological polar surface area (TPSA) is 32.3 Å². The molecule has 5 heteroatoms. The van der Waals surface area contributed by atoms with Crippen LogP contribution in [0.4, 0.5) is 21.5 Å². The second kappa shape index (κ2) is 4.66. The van der Waals surface area contributed by atoms with Crippen molar-refractivity contribution < 1.29 is 9.18 Å². The van der Waals surface area contributed by atoms with Crippen molar-refractivity contribution in [2.45, 2.75) is 0 Å². The highest BCUT2D eigenvalue weighted by atomic mass is 79.9. The minimum Gasteiger partial charge on any atom is -0.330 e. The number of rotatable bonds is 1. The van der Waals surface area contributed by atoms with E-state index < -0.39 is 5.82 Å². The van der Waals surface area contributed by atoms with Crippen LogP contribution in [0.3, 0.4) is 0 Å². The molecular weight excluding hydrogens is 311 g/mol. The summed E-state index contributed by atoms with van der Waals surface area (Å²) < 4.78 is 13.9. The lowest BCUT2D eigenvalue weighted by Gasteiger charge is -2.31. The lowest BCUT2D eigenvalue weighted by atomic mass is 10.1. The van der Waals surface area contributed by atoms with E-state index >= 15 is 0 Å². The molecule has 0 aliphatic carbocycles. The lowest BCUT2D eigenvalue weighted by Crippen LogP contribution is -2.35. The lowest BCUT2D eigenvalue weighted by molar-refractivity contribution is -0.115. The summed E-state index contributed by atoms with van der Waals surface area (Å²) in [5.74, 6) is -0.549. The number of hydrogen-bond acceptors (Lipinski definition) is 2. The standard InChI is InChI=1S/C14H10BrFN2O/c15-10-6-13-12(7-11(10)16)17-14(19)8-18(13)9-4-2-1-3-5-9/h1-7H,8H2,(H,17,19).